The standard InChI is InChI=1S/C21H29N3O4S2/c1-16-17(2)24(14-19-6-4-10-28-19)21(22-16)29-15-18-5-3-7-20(13-18)30(25,26)23-8-11-27-12-9-23/h3,5,7,13,19H,4,6,8-12,14-15H2,1-2H3/t19-/m0/s1. The van der Waals surface area contributed by atoms with Crippen molar-refractivity contribution in [3.8, 4) is 0 Å². The van der Waals surface area contributed by atoms with E-state index in [0.29, 0.717) is 37.0 Å². The second kappa shape index (κ2) is 9.40. The normalized spacial score (nSPS) is 20.7. The molecule has 0 N–H and O–H groups in total. The summed E-state index contributed by atoms with van der Waals surface area (Å²) in [7, 11) is -3.49. The van der Waals surface area contributed by atoms with Crippen LogP contribution in [0, 0.1) is 13.8 Å². The van der Waals surface area contributed by atoms with E-state index in [2.05, 4.69) is 11.5 Å². The van der Waals surface area contributed by atoms with Crippen LogP contribution in [0.5, 0.6) is 0 Å². The van der Waals surface area contributed by atoms with Gasteiger partial charge in [0.25, 0.3) is 0 Å². The van der Waals surface area contributed by atoms with Crippen molar-refractivity contribution in [3.05, 3.63) is 41.2 Å². The van der Waals surface area contributed by atoms with Crippen LogP contribution in [0.3, 0.4) is 0 Å². The molecule has 4 rings (SSSR count). The number of nitrogens with zero attached hydrogens (tertiary/aromatic N) is 3. The van der Waals surface area contributed by atoms with Crippen molar-refractivity contribution in [2.24, 2.45) is 0 Å². The van der Waals surface area contributed by atoms with Gasteiger partial charge in [-0.3, -0.25) is 0 Å². The van der Waals surface area contributed by atoms with Gasteiger partial charge in [-0.1, -0.05) is 23.9 Å². The largest absolute Gasteiger partial charge is 0.379 e. The number of thioether (sulfide) groups is 1. The van der Waals surface area contributed by atoms with E-state index in [4.69, 9.17) is 14.5 Å². The van der Waals surface area contributed by atoms with E-state index in [1.807, 2.05) is 19.1 Å². The number of hydrogen-bond donors (Lipinski definition) is 0. The Bertz CT molecular complexity index is 978. The van der Waals surface area contributed by atoms with Crippen LogP contribution in [-0.4, -0.2) is 61.3 Å². The number of benzene rings is 1. The monoisotopic (exact) mass is 451 g/mol. The predicted molar refractivity (Wildman–Crippen MR) is 116 cm³/mol. The van der Waals surface area contributed by atoms with Gasteiger partial charge in [0.2, 0.25) is 10.0 Å². The third-order valence-electron chi connectivity index (χ3n) is 5.71. The molecule has 9 heteroatoms. The van der Waals surface area contributed by atoms with Crippen LogP contribution in [0.1, 0.15) is 29.8 Å². The summed E-state index contributed by atoms with van der Waals surface area (Å²) in [6.45, 7) is 7.48. The zero-order chi connectivity index (χ0) is 21.1. The van der Waals surface area contributed by atoms with Gasteiger partial charge in [0.1, 0.15) is 0 Å². The fourth-order valence-corrected chi connectivity index (χ4v) is 6.34. The second-order valence-electron chi connectivity index (χ2n) is 7.76. The highest BCUT2D eigenvalue weighted by Crippen LogP contribution is 2.28. The molecule has 1 aromatic heterocycles. The Morgan fingerprint density at radius 3 is 2.73 bits per heavy atom. The molecule has 0 unspecified atom stereocenters. The zero-order valence-electron chi connectivity index (χ0n) is 17.5. The van der Waals surface area contributed by atoms with Crippen molar-refractivity contribution in [1.29, 1.82) is 0 Å². The van der Waals surface area contributed by atoms with Gasteiger partial charge in [-0.15, -0.1) is 0 Å². The quantitative estimate of drug-likeness (QED) is 0.603. The van der Waals surface area contributed by atoms with E-state index in [1.54, 1.807) is 23.9 Å². The average Bonchev–Trinajstić information content (AvgIpc) is 3.37. The van der Waals surface area contributed by atoms with Gasteiger partial charge in [0, 0.05) is 31.1 Å². The maximum absolute atomic E-state index is 12.9. The summed E-state index contributed by atoms with van der Waals surface area (Å²) >= 11 is 1.64. The van der Waals surface area contributed by atoms with Crippen LogP contribution >= 0.6 is 11.8 Å². The van der Waals surface area contributed by atoms with E-state index in [-0.39, 0.29) is 6.10 Å². The molecule has 0 bridgehead atoms. The molecule has 0 amide bonds. The zero-order valence-corrected chi connectivity index (χ0v) is 19.2. The number of ether oxygens (including phenoxy) is 2. The summed E-state index contributed by atoms with van der Waals surface area (Å²) < 4.78 is 40.7. The highest BCUT2D eigenvalue weighted by molar-refractivity contribution is 7.98. The fraction of sp³-hybridized carbons (Fsp3) is 0.571. The van der Waals surface area contributed by atoms with E-state index in [1.165, 1.54) is 4.31 Å². The first-order chi connectivity index (χ1) is 14.4. The third kappa shape index (κ3) is 4.75. The Hall–Kier alpha value is -1.39. The smallest absolute Gasteiger partial charge is 0.243 e. The Morgan fingerprint density at radius 1 is 1.20 bits per heavy atom. The van der Waals surface area contributed by atoms with Crippen molar-refractivity contribution in [3.63, 3.8) is 0 Å². The minimum atomic E-state index is -3.49. The maximum Gasteiger partial charge on any atom is 0.243 e. The molecular weight excluding hydrogens is 422 g/mol. The van der Waals surface area contributed by atoms with Crippen LogP contribution in [0.2, 0.25) is 0 Å². The Morgan fingerprint density at radius 2 is 2.00 bits per heavy atom. The summed E-state index contributed by atoms with van der Waals surface area (Å²) in [6.07, 6.45) is 2.45. The number of morpholine rings is 1. The number of aromatic nitrogens is 2. The van der Waals surface area contributed by atoms with Crippen molar-refractivity contribution >= 4 is 21.8 Å². The second-order valence-corrected chi connectivity index (χ2v) is 10.6. The lowest BCUT2D eigenvalue weighted by Gasteiger charge is -2.26. The SMILES string of the molecule is Cc1nc(SCc2cccc(S(=O)(=O)N3CCOCC3)c2)n(C[C@@H]2CCCO2)c1C. The number of sulfonamides is 1. The van der Waals surface area contributed by atoms with Gasteiger partial charge in [-0.05, 0) is 44.4 Å². The van der Waals surface area contributed by atoms with Crippen molar-refractivity contribution < 1.29 is 17.9 Å². The van der Waals surface area contributed by atoms with Crippen LogP contribution in [0.15, 0.2) is 34.3 Å². The molecule has 2 aromatic rings. The van der Waals surface area contributed by atoms with Gasteiger partial charge < -0.3 is 14.0 Å². The molecule has 0 spiro atoms. The van der Waals surface area contributed by atoms with Crippen LogP contribution in [0.4, 0.5) is 0 Å². The average molecular weight is 452 g/mol. The van der Waals surface area contributed by atoms with E-state index < -0.39 is 10.0 Å². The molecule has 2 aliphatic heterocycles. The first-order valence-corrected chi connectivity index (χ1v) is 12.8. The molecule has 1 atom stereocenters. The van der Waals surface area contributed by atoms with Gasteiger partial charge in [-0.2, -0.15) is 4.31 Å². The van der Waals surface area contributed by atoms with Crippen LogP contribution in [0.25, 0.3) is 0 Å². The molecule has 164 valence electrons. The van der Waals surface area contributed by atoms with Gasteiger partial charge in [0.05, 0.1) is 36.5 Å². The molecule has 2 fully saturated rings. The fourth-order valence-electron chi connectivity index (χ4n) is 3.82. The number of aryl methyl sites for hydroxylation is 1. The molecule has 0 aliphatic carbocycles. The third-order valence-corrected chi connectivity index (χ3v) is 8.65. The summed E-state index contributed by atoms with van der Waals surface area (Å²) in [5, 5.41) is 0.960. The van der Waals surface area contributed by atoms with Gasteiger partial charge in [-0.25, -0.2) is 13.4 Å². The molecule has 2 aliphatic rings. The molecule has 0 radical (unpaired) electrons. The minimum Gasteiger partial charge on any atom is -0.379 e. The number of rotatable bonds is 7. The first kappa shape index (κ1) is 21.8. The molecular formula is C21H29N3O4S2. The van der Waals surface area contributed by atoms with E-state index >= 15 is 0 Å². The maximum atomic E-state index is 12.9. The summed E-state index contributed by atoms with van der Waals surface area (Å²) in [5.74, 6) is 0.661. The number of hydrogen-bond acceptors (Lipinski definition) is 6. The highest BCUT2D eigenvalue weighted by atomic mass is 32.2. The van der Waals surface area contributed by atoms with Crippen LogP contribution in [-0.2, 0) is 31.8 Å². The topological polar surface area (TPSA) is 73.7 Å². The highest BCUT2D eigenvalue weighted by Gasteiger charge is 2.26. The van der Waals surface area contributed by atoms with Crippen molar-refractivity contribution in [2.75, 3.05) is 32.9 Å². The van der Waals surface area contributed by atoms with Gasteiger partial charge >= 0.3 is 0 Å². The molecule has 1 aromatic carbocycles. The van der Waals surface area contributed by atoms with Crippen LogP contribution < -0.4 is 0 Å². The van der Waals surface area contributed by atoms with Crippen molar-refractivity contribution in [2.45, 2.75) is 55.1 Å². The van der Waals surface area contributed by atoms with E-state index in [0.717, 1.165) is 48.1 Å². The summed E-state index contributed by atoms with van der Waals surface area (Å²) in [4.78, 5) is 5.09. The molecule has 2 saturated heterocycles. The summed E-state index contributed by atoms with van der Waals surface area (Å²) in [6, 6.07) is 7.24. The first-order valence-electron chi connectivity index (χ1n) is 10.4. The lowest BCUT2D eigenvalue weighted by molar-refractivity contribution is 0.0730. The minimum absolute atomic E-state index is 0.249. The number of imidazole rings is 1. The summed E-state index contributed by atoms with van der Waals surface area (Å²) in [5.41, 5.74) is 3.16. The van der Waals surface area contributed by atoms with Gasteiger partial charge in [0.15, 0.2) is 5.16 Å². The lowest BCUT2D eigenvalue weighted by atomic mass is 10.2. The molecule has 7 nitrogen and oxygen atoms in total. The molecule has 3 heterocycles. The molecule has 0 saturated carbocycles. The Kier molecular flexibility index (Phi) is 6.84. The predicted octanol–water partition coefficient (Wildman–Crippen LogP) is 2.99. The Balaban J connectivity index is 1.48. The van der Waals surface area contributed by atoms with E-state index in [9.17, 15) is 8.42 Å². The lowest BCUT2D eigenvalue weighted by Crippen LogP contribution is -2.40. The Labute approximate surface area is 182 Å². The van der Waals surface area contributed by atoms with Crippen molar-refractivity contribution in [1.82, 2.24) is 13.9 Å². The molecule has 30 heavy (non-hydrogen) atoms.